The first-order chi connectivity index (χ1) is 9.70. The van der Waals surface area contributed by atoms with Crippen LogP contribution < -0.4 is 5.32 Å². The average molecular weight is 273 g/mol. The van der Waals surface area contributed by atoms with Crippen LogP contribution in [0.2, 0.25) is 0 Å². The van der Waals surface area contributed by atoms with Crippen molar-refractivity contribution in [1.29, 1.82) is 0 Å². The molecule has 2 nitrogen and oxygen atoms in total. The van der Waals surface area contributed by atoms with E-state index in [1.165, 1.54) is 37.7 Å². The number of aliphatic hydroxyl groups is 1. The van der Waals surface area contributed by atoms with Crippen molar-refractivity contribution in [2.75, 3.05) is 0 Å². The normalized spacial score (nSPS) is 35.3. The third-order valence-corrected chi connectivity index (χ3v) is 5.49. The smallest absolute Gasteiger partial charge is 0.0828 e. The molecular weight excluding hydrogens is 246 g/mol. The van der Waals surface area contributed by atoms with Crippen molar-refractivity contribution in [3.05, 3.63) is 35.9 Å². The van der Waals surface area contributed by atoms with E-state index >= 15 is 0 Å². The summed E-state index contributed by atoms with van der Waals surface area (Å²) < 4.78 is 0. The minimum Gasteiger partial charge on any atom is -0.388 e. The molecule has 2 aliphatic carbocycles. The number of nitrogens with one attached hydrogen (secondary N) is 1. The number of benzene rings is 1. The van der Waals surface area contributed by atoms with Gasteiger partial charge in [-0.1, -0.05) is 49.6 Å². The van der Waals surface area contributed by atoms with E-state index in [-0.39, 0.29) is 6.04 Å². The summed E-state index contributed by atoms with van der Waals surface area (Å²) in [5.74, 6) is 0.519. The van der Waals surface area contributed by atoms with E-state index in [1.807, 2.05) is 0 Å². The highest BCUT2D eigenvalue weighted by atomic mass is 16.3. The van der Waals surface area contributed by atoms with Crippen LogP contribution >= 0.6 is 0 Å². The molecule has 20 heavy (non-hydrogen) atoms. The molecule has 0 spiro atoms. The second-order valence-corrected chi connectivity index (χ2v) is 6.72. The second kappa shape index (κ2) is 5.87. The van der Waals surface area contributed by atoms with Gasteiger partial charge >= 0.3 is 0 Å². The molecule has 2 saturated carbocycles. The Morgan fingerprint density at radius 1 is 1.10 bits per heavy atom. The van der Waals surface area contributed by atoms with Crippen LogP contribution in [-0.4, -0.2) is 16.7 Å². The van der Waals surface area contributed by atoms with Gasteiger partial charge in [-0.2, -0.15) is 0 Å². The third kappa shape index (κ3) is 2.64. The molecule has 110 valence electrons. The predicted octanol–water partition coefficient (Wildman–Crippen LogP) is 3.81. The summed E-state index contributed by atoms with van der Waals surface area (Å²) in [5, 5.41) is 14.9. The van der Waals surface area contributed by atoms with Gasteiger partial charge in [0.25, 0.3) is 0 Å². The fourth-order valence-corrected chi connectivity index (χ4v) is 4.29. The van der Waals surface area contributed by atoms with Crippen molar-refractivity contribution < 1.29 is 5.11 Å². The van der Waals surface area contributed by atoms with Crippen LogP contribution in [0, 0.1) is 5.92 Å². The highest BCUT2D eigenvalue weighted by molar-refractivity contribution is 5.19. The first-order valence-corrected chi connectivity index (χ1v) is 8.23. The lowest BCUT2D eigenvalue weighted by Crippen LogP contribution is -2.59. The quantitative estimate of drug-likeness (QED) is 0.877. The fourth-order valence-electron chi connectivity index (χ4n) is 4.29. The molecule has 0 bridgehead atoms. The summed E-state index contributed by atoms with van der Waals surface area (Å²) in [5.41, 5.74) is 0.855. The van der Waals surface area contributed by atoms with E-state index in [1.54, 1.807) is 0 Å². The molecule has 4 atom stereocenters. The van der Waals surface area contributed by atoms with E-state index in [4.69, 9.17) is 0 Å². The standard InChI is InChI=1S/C18H27NO/c1-14(15-8-3-2-4-9-15)19-17-12-7-11-16-10-5-6-13-18(16,17)20/h2-4,8-9,14,16-17,19-20H,5-7,10-13H2,1H3/t14-,16+,17-,18-/m0/s1. The van der Waals surface area contributed by atoms with Crippen LogP contribution in [0.15, 0.2) is 30.3 Å². The monoisotopic (exact) mass is 273 g/mol. The summed E-state index contributed by atoms with van der Waals surface area (Å²) >= 11 is 0. The molecule has 0 heterocycles. The maximum absolute atomic E-state index is 11.2. The van der Waals surface area contributed by atoms with Gasteiger partial charge in [-0.25, -0.2) is 0 Å². The van der Waals surface area contributed by atoms with Gasteiger partial charge < -0.3 is 10.4 Å². The van der Waals surface area contributed by atoms with Crippen molar-refractivity contribution in [3.63, 3.8) is 0 Å². The zero-order valence-electron chi connectivity index (χ0n) is 12.5. The fraction of sp³-hybridized carbons (Fsp3) is 0.667. The maximum Gasteiger partial charge on any atom is 0.0828 e. The van der Waals surface area contributed by atoms with Crippen molar-refractivity contribution in [2.24, 2.45) is 5.92 Å². The molecule has 3 rings (SSSR count). The van der Waals surface area contributed by atoms with Crippen LogP contribution in [-0.2, 0) is 0 Å². The van der Waals surface area contributed by atoms with Crippen LogP contribution in [0.5, 0.6) is 0 Å². The Morgan fingerprint density at radius 3 is 2.65 bits per heavy atom. The number of hydrogen-bond donors (Lipinski definition) is 2. The topological polar surface area (TPSA) is 32.3 Å². The van der Waals surface area contributed by atoms with Gasteiger partial charge in [-0.15, -0.1) is 0 Å². The lowest BCUT2D eigenvalue weighted by molar-refractivity contribution is -0.101. The molecule has 2 fully saturated rings. The summed E-state index contributed by atoms with van der Waals surface area (Å²) in [7, 11) is 0. The zero-order chi connectivity index (χ0) is 14.0. The maximum atomic E-state index is 11.2. The van der Waals surface area contributed by atoms with E-state index < -0.39 is 5.60 Å². The third-order valence-electron chi connectivity index (χ3n) is 5.49. The number of fused-ring (bicyclic) bond motifs is 1. The molecule has 0 radical (unpaired) electrons. The molecule has 0 aliphatic heterocycles. The molecule has 0 unspecified atom stereocenters. The molecule has 1 aromatic carbocycles. The highest BCUT2D eigenvalue weighted by Gasteiger charge is 2.47. The summed E-state index contributed by atoms with van der Waals surface area (Å²) in [4.78, 5) is 0. The largest absolute Gasteiger partial charge is 0.388 e. The number of hydrogen-bond acceptors (Lipinski definition) is 2. The molecular formula is C18H27NO. The lowest BCUT2D eigenvalue weighted by atomic mass is 9.64. The van der Waals surface area contributed by atoms with Gasteiger partial charge in [-0.05, 0) is 44.1 Å². The van der Waals surface area contributed by atoms with Crippen molar-refractivity contribution >= 4 is 0 Å². The summed E-state index contributed by atoms with van der Waals surface area (Å²) in [6, 6.07) is 11.1. The van der Waals surface area contributed by atoms with Gasteiger partial charge in [0.2, 0.25) is 0 Å². The first kappa shape index (κ1) is 14.1. The SMILES string of the molecule is C[C@H](N[C@H]1CCC[C@H]2CCCC[C@]21O)c1ccccc1. The molecule has 0 amide bonds. The Kier molecular flexibility index (Phi) is 4.13. The minimum absolute atomic E-state index is 0.261. The van der Waals surface area contributed by atoms with Gasteiger partial charge in [0.15, 0.2) is 0 Å². The average Bonchev–Trinajstić information content (AvgIpc) is 2.49. The lowest BCUT2D eigenvalue weighted by Gasteiger charge is -2.50. The van der Waals surface area contributed by atoms with E-state index in [0.29, 0.717) is 12.0 Å². The number of rotatable bonds is 3. The van der Waals surface area contributed by atoms with Gasteiger partial charge in [0, 0.05) is 12.1 Å². The van der Waals surface area contributed by atoms with Gasteiger partial charge in [0.1, 0.15) is 0 Å². The minimum atomic E-state index is -0.459. The predicted molar refractivity (Wildman–Crippen MR) is 82.5 cm³/mol. The molecule has 1 aromatic rings. The van der Waals surface area contributed by atoms with Crippen LogP contribution in [0.4, 0.5) is 0 Å². The Balaban J connectivity index is 1.72. The van der Waals surface area contributed by atoms with Crippen molar-refractivity contribution in [3.8, 4) is 0 Å². The second-order valence-electron chi connectivity index (χ2n) is 6.72. The van der Waals surface area contributed by atoms with Crippen LogP contribution in [0.25, 0.3) is 0 Å². The zero-order valence-corrected chi connectivity index (χ0v) is 12.5. The molecule has 2 N–H and O–H groups in total. The van der Waals surface area contributed by atoms with Crippen molar-refractivity contribution in [2.45, 2.75) is 69.6 Å². The van der Waals surface area contributed by atoms with Gasteiger partial charge in [0.05, 0.1) is 5.60 Å². The van der Waals surface area contributed by atoms with Gasteiger partial charge in [-0.3, -0.25) is 0 Å². The van der Waals surface area contributed by atoms with E-state index in [9.17, 15) is 5.11 Å². The Bertz CT molecular complexity index is 430. The van der Waals surface area contributed by atoms with E-state index in [2.05, 4.69) is 42.6 Å². The van der Waals surface area contributed by atoms with Crippen LogP contribution in [0.1, 0.15) is 63.5 Å². The summed E-state index contributed by atoms with van der Waals surface area (Å²) in [6.45, 7) is 2.21. The summed E-state index contributed by atoms with van der Waals surface area (Å²) in [6.07, 6.45) is 8.27. The van der Waals surface area contributed by atoms with Crippen LogP contribution in [0.3, 0.4) is 0 Å². The first-order valence-electron chi connectivity index (χ1n) is 8.23. The Hall–Kier alpha value is -0.860. The highest BCUT2D eigenvalue weighted by Crippen LogP contribution is 2.44. The molecule has 2 heteroatoms. The molecule has 0 saturated heterocycles. The molecule has 0 aromatic heterocycles. The Labute approximate surface area is 122 Å². The Morgan fingerprint density at radius 2 is 1.85 bits per heavy atom. The van der Waals surface area contributed by atoms with Crippen molar-refractivity contribution in [1.82, 2.24) is 5.32 Å². The molecule has 2 aliphatic rings. The van der Waals surface area contributed by atoms with E-state index in [0.717, 1.165) is 12.8 Å².